The highest BCUT2D eigenvalue weighted by Crippen LogP contribution is 2.26. The molecule has 2 fully saturated rings. The van der Waals surface area contributed by atoms with Crippen molar-refractivity contribution in [2.75, 3.05) is 53.1 Å². The van der Waals surface area contributed by atoms with Gasteiger partial charge in [-0.3, -0.25) is 4.79 Å². The van der Waals surface area contributed by atoms with Crippen LogP contribution in [0.4, 0.5) is 14.0 Å². The number of piperazine rings is 1. The van der Waals surface area contributed by atoms with Crippen molar-refractivity contribution < 1.29 is 33.0 Å². The molecule has 2 amide bonds. The summed E-state index contributed by atoms with van der Waals surface area (Å²) in [5.74, 6) is -0.178. The van der Waals surface area contributed by atoms with Gasteiger partial charge >= 0.3 is 18.2 Å². The lowest BCUT2D eigenvalue weighted by molar-refractivity contribution is -0.149. The molecule has 3 aliphatic rings. The van der Waals surface area contributed by atoms with Crippen LogP contribution >= 0.6 is 0 Å². The standard InChI is InChI=1S/C34H54FN3O6/c1-24-12-13-26(3)30(43-33(40)37-19-17-36(6)18-20-37)15-14-28(5)32(44-31(39)21-24)27(4)10-7-9-25(2)23-42-34(41)38-16-8-11-29(38)22-35/h7,9-10,14-15,24-26,28-30,32H,8,11-13,16-23H2,1-6H3/b9-7+,15-14+,27-10+/t24-,25-,26+,28+,29+,30+,32-/m1/s1. The summed E-state index contributed by atoms with van der Waals surface area (Å²) in [4.78, 5) is 43.8. The number of halogens is 1. The molecule has 0 N–H and O–H groups in total. The molecule has 9 nitrogen and oxygen atoms in total. The number of allylic oxidation sites excluding steroid dienone is 2. The summed E-state index contributed by atoms with van der Waals surface area (Å²) in [7, 11) is 2.05. The van der Waals surface area contributed by atoms with Crippen LogP contribution in [0.2, 0.25) is 0 Å². The van der Waals surface area contributed by atoms with Gasteiger partial charge in [0.25, 0.3) is 0 Å². The van der Waals surface area contributed by atoms with Crippen molar-refractivity contribution in [1.29, 1.82) is 0 Å². The maximum Gasteiger partial charge on any atom is 0.410 e. The molecule has 3 rings (SSSR count). The monoisotopic (exact) mass is 619 g/mol. The van der Waals surface area contributed by atoms with Crippen LogP contribution < -0.4 is 0 Å². The number of carbonyl (C=O) groups is 3. The first-order valence-corrected chi connectivity index (χ1v) is 16.3. The zero-order valence-electron chi connectivity index (χ0n) is 27.6. The van der Waals surface area contributed by atoms with E-state index in [0.29, 0.717) is 32.5 Å². The number of cyclic esters (lactones) is 1. The number of hydrogen-bond donors (Lipinski definition) is 0. The highest BCUT2D eigenvalue weighted by atomic mass is 19.1. The Labute approximate surface area is 263 Å². The minimum absolute atomic E-state index is 0.0521. The van der Waals surface area contributed by atoms with Gasteiger partial charge in [0.05, 0.1) is 12.6 Å². The number of alkyl halides is 1. The van der Waals surface area contributed by atoms with Crippen molar-refractivity contribution in [2.45, 2.75) is 85.0 Å². The van der Waals surface area contributed by atoms with Crippen molar-refractivity contribution in [2.24, 2.45) is 23.7 Å². The van der Waals surface area contributed by atoms with Crippen LogP contribution in [0.3, 0.4) is 0 Å². The number of likely N-dealkylation sites (N-methyl/N-ethyl adjacent to an activating group) is 1. The molecule has 0 spiro atoms. The third-order valence-corrected chi connectivity index (χ3v) is 9.04. The van der Waals surface area contributed by atoms with Crippen molar-refractivity contribution >= 4 is 18.2 Å². The lowest BCUT2D eigenvalue weighted by atomic mass is 9.90. The molecule has 0 bridgehead atoms. The Morgan fingerprint density at radius 1 is 1.07 bits per heavy atom. The Kier molecular flexibility index (Phi) is 14.2. The van der Waals surface area contributed by atoms with Gasteiger partial charge in [-0.05, 0) is 63.1 Å². The number of esters is 1. The lowest BCUT2D eigenvalue weighted by Gasteiger charge is -2.33. The fourth-order valence-corrected chi connectivity index (χ4v) is 5.88. The zero-order valence-corrected chi connectivity index (χ0v) is 27.6. The second kappa shape index (κ2) is 17.6. The van der Waals surface area contributed by atoms with Crippen LogP contribution in [0.25, 0.3) is 0 Å². The quantitative estimate of drug-likeness (QED) is 0.149. The summed E-state index contributed by atoms with van der Waals surface area (Å²) in [5.41, 5.74) is 0.877. The normalized spacial score (nSPS) is 31.2. The van der Waals surface area contributed by atoms with Crippen molar-refractivity contribution in [3.63, 3.8) is 0 Å². The Balaban J connectivity index is 1.66. The predicted molar refractivity (Wildman–Crippen MR) is 169 cm³/mol. The summed E-state index contributed by atoms with van der Waals surface area (Å²) >= 11 is 0. The highest BCUT2D eigenvalue weighted by Gasteiger charge is 2.30. The molecular formula is C34H54FN3O6. The summed E-state index contributed by atoms with van der Waals surface area (Å²) in [6.07, 6.45) is 11.6. The Bertz CT molecular complexity index is 1040. The number of ether oxygens (including phenoxy) is 3. The summed E-state index contributed by atoms with van der Waals surface area (Å²) in [6, 6.07) is -0.380. The number of amides is 2. The second-order valence-corrected chi connectivity index (χ2v) is 13.2. The molecule has 248 valence electrons. The van der Waals surface area contributed by atoms with Gasteiger partial charge in [0.15, 0.2) is 0 Å². The molecule has 7 atom stereocenters. The van der Waals surface area contributed by atoms with E-state index in [9.17, 15) is 18.8 Å². The van der Waals surface area contributed by atoms with Gasteiger partial charge in [-0.25, -0.2) is 14.0 Å². The van der Waals surface area contributed by atoms with E-state index in [1.807, 2.05) is 51.2 Å². The van der Waals surface area contributed by atoms with Crippen molar-refractivity contribution in [1.82, 2.24) is 14.7 Å². The molecule has 0 aromatic rings. The molecule has 3 heterocycles. The first-order valence-electron chi connectivity index (χ1n) is 16.3. The minimum Gasteiger partial charge on any atom is -0.457 e. The van der Waals surface area contributed by atoms with Gasteiger partial charge in [0.2, 0.25) is 0 Å². The second-order valence-electron chi connectivity index (χ2n) is 13.2. The van der Waals surface area contributed by atoms with Crippen LogP contribution in [-0.2, 0) is 19.0 Å². The van der Waals surface area contributed by atoms with E-state index < -0.39 is 18.9 Å². The van der Waals surface area contributed by atoms with E-state index in [-0.39, 0.29) is 54.5 Å². The average Bonchev–Trinajstić information content (AvgIpc) is 3.48. The number of likely N-dealkylation sites (tertiary alicyclic amines) is 1. The van der Waals surface area contributed by atoms with E-state index >= 15 is 0 Å². The van der Waals surface area contributed by atoms with Crippen LogP contribution in [0.5, 0.6) is 0 Å². The van der Waals surface area contributed by atoms with Gasteiger partial charge in [-0.2, -0.15) is 0 Å². The van der Waals surface area contributed by atoms with Crippen LogP contribution in [0.1, 0.15) is 66.7 Å². The van der Waals surface area contributed by atoms with E-state index in [2.05, 4.69) is 25.8 Å². The van der Waals surface area contributed by atoms with Gasteiger partial charge in [-0.1, -0.05) is 52.0 Å². The first kappa shape index (κ1) is 35.6. The van der Waals surface area contributed by atoms with Crippen molar-refractivity contribution in [3.05, 3.63) is 36.0 Å². The van der Waals surface area contributed by atoms with Gasteiger partial charge in [-0.15, -0.1) is 0 Å². The molecule has 0 unspecified atom stereocenters. The predicted octanol–water partition coefficient (Wildman–Crippen LogP) is 6.01. The van der Waals surface area contributed by atoms with E-state index in [1.54, 1.807) is 4.90 Å². The average molecular weight is 620 g/mol. The topological polar surface area (TPSA) is 88.6 Å². The number of rotatable bonds is 7. The smallest absolute Gasteiger partial charge is 0.410 e. The van der Waals surface area contributed by atoms with Crippen molar-refractivity contribution in [3.8, 4) is 0 Å². The van der Waals surface area contributed by atoms with Crippen LogP contribution in [-0.4, -0.2) is 104 Å². The van der Waals surface area contributed by atoms with Gasteiger partial charge in [0.1, 0.15) is 18.9 Å². The van der Waals surface area contributed by atoms with Gasteiger partial charge < -0.3 is 28.9 Å². The summed E-state index contributed by atoms with van der Waals surface area (Å²) in [5, 5.41) is 0. The fourth-order valence-electron chi connectivity index (χ4n) is 5.88. The molecule has 2 saturated heterocycles. The summed E-state index contributed by atoms with van der Waals surface area (Å²) < 4.78 is 30.6. The minimum atomic E-state index is -0.547. The van der Waals surface area contributed by atoms with Crippen LogP contribution in [0.15, 0.2) is 36.0 Å². The molecule has 3 aliphatic heterocycles. The maximum atomic E-state index is 13.1. The SMILES string of the molecule is C/C(=C\C=C\[C@@H](C)COC(=O)N1CCC[C@H]1CF)[C@H]1OC(=O)C[C@H](C)CC[C@H](C)[C@@H](OC(=O)N2CCN(C)CC2)/C=C/[C@@H]1C. The number of carbonyl (C=O) groups excluding carboxylic acids is 3. The zero-order chi connectivity index (χ0) is 32.2. The third-order valence-electron chi connectivity index (χ3n) is 9.04. The Morgan fingerprint density at radius 2 is 1.80 bits per heavy atom. The third kappa shape index (κ3) is 10.9. The molecule has 10 heteroatoms. The van der Waals surface area contributed by atoms with Gasteiger partial charge in [0, 0.05) is 51.0 Å². The fraction of sp³-hybridized carbons (Fsp3) is 0.735. The molecule has 0 aromatic heterocycles. The van der Waals surface area contributed by atoms with E-state index in [4.69, 9.17) is 14.2 Å². The molecule has 0 saturated carbocycles. The maximum absolute atomic E-state index is 13.1. The van der Waals surface area contributed by atoms with Crippen LogP contribution in [0, 0.1) is 23.7 Å². The van der Waals surface area contributed by atoms with E-state index in [0.717, 1.165) is 37.9 Å². The van der Waals surface area contributed by atoms with E-state index in [1.165, 1.54) is 4.90 Å². The first-order chi connectivity index (χ1) is 21.0. The molecule has 44 heavy (non-hydrogen) atoms. The molecular weight excluding hydrogens is 565 g/mol. The largest absolute Gasteiger partial charge is 0.457 e. The highest BCUT2D eigenvalue weighted by molar-refractivity contribution is 5.70. The number of hydrogen-bond acceptors (Lipinski definition) is 7. The number of nitrogens with zero attached hydrogens (tertiary/aromatic N) is 3. The molecule has 0 aliphatic carbocycles. The molecule has 0 aromatic carbocycles. The lowest BCUT2D eigenvalue weighted by Crippen LogP contribution is -2.48. The molecule has 0 radical (unpaired) electrons. The summed E-state index contributed by atoms with van der Waals surface area (Å²) in [6.45, 7) is 13.2. The Morgan fingerprint density at radius 3 is 2.50 bits per heavy atom. The Hall–Kier alpha value is -2.88.